The molecule has 110 valence electrons. The number of anilines is 1. The third kappa shape index (κ3) is 3.42. The predicted molar refractivity (Wildman–Crippen MR) is 83.9 cm³/mol. The first-order chi connectivity index (χ1) is 10.2. The lowest BCUT2D eigenvalue weighted by molar-refractivity contribution is -0.136. The van der Waals surface area contributed by atoms with E-state index in [0.29, 0.717) is 6.42 Å². The Balaban J connectivity index is 1.73. The summed E-state index contributed by atoms with van der Waals surface area (Å²) in [6.07, 6.45) is 2.90. The minimum Gasteiger partial charge on any atom is -0.481 e. The quantitative estimate of drug-likeness (QED) is 0.943. The van der Waals surface area contributed by atoms with E-state index in [1.807, 2.05) is 5.38 Å². The molecule has 0 radical (unpaired) electrons. The van der Waals surface area contributed by atoms with Gasteiger partial charge in [0.25, 0.3) is 0 Å². The number of thiazole rings is 1. The van der Waals surface area contributed by atoms with Gasteiger partial charge in [0.1, 0.15) is 0 Å². The molecule has 0 amide bonds. The van der Waals surface area contributed by atoms with E-state index in [0.717, 1.165) is 36.8 Å². The van der Waals surface area contributed by atoms with Crippen LogP contribution in [0.3, 0.4) is 0 Å². The smallest absolute Gasteiger partial charge is 0.303 e. The van der Waals surface area contributed by atoms with Crippen molar-refractivity contribution in [2.45, 2.75) is 32.2 Å². The van der Waals surface area contributed by atoms with Gasteiger partial charge in [0.2, 0.25) is 0 Å². The van der Waals surface area contributed by atoms with Crippen LogP contribution in [0, 0.1) is 0 Å². The van der Waals surface area contributed by atoms with E-state index < -0.39 is 5.97 Å². The van der Waals surface area contributed by atoms with Crippen molar-refractivity contribution >= 4 is 22.4 Å². The molecule has 0 saturated carbocycles. The number of aliphatic carboxylic acids is 1. The number of nitrogens with zero attached hydrogens (tertiary/aromatic N) is 2. The van der Waals surface area contributed by atoms with Gasteiger partial charge in [-0.2, -0.15) is 0 Å². The highest BCUT2D eigenvalue weighted by molar-refractivity contribution is 7.13. The summed E-state index contributed by atoms with van der Waals surface area (Å²) in [6.45, 7) is 1.89. The second-order valence-corrected chi connectivity index (χ2v) is 6.15. The zero-order valence-corrected chi connectivity index (χ0v) is 12.6. The van der Waals surface area contributed by atoms with E-state index in [9.17, 15) is 4.79 Å². The number of hydrogen-bond acceptors (Lipinski definition) is 4. The van der Waals surface area contributed by atoms with E-state index in [4.69, 9.17) is 5.11 Å². The molecular formula is C16H18N2O2S. The SMILES string of the molecule is O=C(O)CCc1csc(N2CCCc3ccccc3C2)n1. The summed E-state index contributed by atoms with van der Waals surface area (Å²) in [7, 11) is 0. The maximum Gasteiger partial charge on any atom is 0.303 e. The molecule has 5 heteroatoms. The second kappa shape index (κ2) is 6.26. The number of rotatable bonds is 4. The first-order valence-corrected chi connectivity index (χ1v) is 8.08. The number of aryl methyl sites for hydroxylation is 2. The number of benzene rings is 1. The molecule has 0 atom stereocenters. The number of fused-ring (bicyclic) bond motifs is 1. The molecule has 2 aromatic rings. The van der Waals surface area contributed by atoms with Crippen LogP contribution in [0.15, 0.2) is 29.6 Å². The number of carboxylic acids is 1. The number of aromatic nitrogens is 1. The summed E-state index contributed by atoms with van der Waals surface area (Å²) >= 11 is 1.61. The largest absolute Gasteiger partial charge is 0.481 e. The summed E-state index contributed by atoms with van der Waals surface area (Å²) in [5, 5.41) is 11.7. The van der Waals surface area contributed by atoms with Gasteiger partial charge in [-0.15, -0.1) is 11.3 Å². The fraction of sp³-hybridized carbons (Fsp3) is 0.375. The zero-order chi connectivity index (χ0) is 14.7. The van der Waals surface area contributed by atoms with Crippen molar-refractivity contribution < 1.29 is 9.90 Å². The minimum absolute atomic E-state index is 0.145. The van der Waals surface area contributed by atoms with Crippen molar-refractivity contribution in [3.63, 3.8) is 0 Å². The summed E-state index contributed by atoms with van der Waals surface area (Å²) in [5.41, 5.74) is 3.69. The first-order valence-electron chi connectivity index (χ1n) is 7.20. The van der Waals surface area contributed by atoms with Crippen LogP contribution in [0.2, 0.25) is 0 Å². The highest BCUT2D eigenvalue weighted by Gasteiger charge is 2.17. The maximum atomic E-state index is 10.6. The Kier molecular flexibility index (Phi) is 4.20. The van der Waals surface area contributed by atoms with Crippen molar-refractivity contribution in [1.82, 2.24) is 4.98 Å². The number of carboxylic acid groups (broad SMARTS) is 1. The van der Waals surface area contributed by atoms with Crippen LogP contribution in [-0.4, -0.2) is 22.6 Å². The molecule has 1 N–H and O–H groups in total. The maximum absolute atomic E-state index is 10.6. The summed E-state index contributed by atoms with van der Waals surface area (Å²) in [4.78, 5) is 17.5. The Bertz CT molecular complexity index is 639. The van der Waals surface area contributed by atoms with Gasteiger partial charge in [0.05, 0.1) is 12.1 Å². The van der Waals surface area contributed by atoms with E-state index in [-0.39, 0.29) is 6.42 Å². The lowest BCUT2D eigenvalue weighted by atomic mass is 10.0. The van der Waals surface area contributed by atoms with Gasteiger partial charge in [-0.3, -0.25) is 4.79 Å². The van der Waals surface area contributed by atoms with Crippen molar-refractivity contribution in [2.75, 3.05) is 11.4 Å². The van der Waals surface area contributed by atoms with E-state index >= 15 is 0 Å². The second-order valence-electron chi connectivity index (χ2n) is 5.31. The fourth-order valence-corrected chi connectivity index (χ4v) is 3.54. The molecule has 1 aromatic heterocycles. The van der Waals surface area contributed by atoms with Crippen LogP contribution in [0.4, 0.5) is 5.13 Å². The molecule has 1 aliphatic rings. The minimum atomic E-state index is -0.770. The van der Waals surface area contributed by atoms with Gasteiger partial charge in [0.15, 0.2) is 5.13 Å². The molecule has 0 spiro atoms. The average molecular weight is 302 g/mol. The van der Waals surface area contributed by atoms with E-state index in [1.54, 1.807) is 11.3 Å². The molecule has 1 aliphatic heterocycles. The van der Waals surface area contributed by atoms with Crippen LogP contribution in [-0.2, 0) is 24.2 Å². The van der Waals surface area contributed by atoms with Crippen molar-refractivity contribution in [3.05, 3.63) is 46.5 Å². The Labute approximate surface area is 128 Å². The van der Waals surface area contributed by atoms with Crippen LogP contribution >= 0.6 is 11.3 Å². The Morgan fingerprint density at radius 3 is 2.95 bits per heavy atom. The molecule has 0 saturated heterocycles. The Hall–Kier alpha value is -1.88. The standard InChI is InChI=1S/C16H18N2O2S/c19-15(20)8-7-14-11-21-16(17-14)18-9-3-6-12-4-1-2-5-13(12)10-18/h1-2,4-5,11H,3,6-10H2,(H,19,20). The van der Waals surface area contributed by atoms with Gasteiger partial charge >= 0.3 is 5.97 Å². The van der Waals surface area contributed by atoms with Gasteiger partial charge < -0.3 is 10.0 Å². The van der Waals surface area contributed by atoms with Crippen LogP contribution in [0.1, 0.15) is 29.7 Å². The molecule has 21 heavy (non-hydrogen) atoms. The third-order valence-corrected chi connectivity index (χ3v) is 4.71. The Morgan fingerprint density at radius 2 is 2.14 bits per heavy atom. The molecule has 2 heterocycles. The highest BCUT2D eigenvalue weighted by Crippen LogP contribution is 2.27. The molecule has 1 aromatic carbocycles. The summed E-state index contributed by atoms with van der Waals surface area (Å²) in [6, 6.07) is 8.58. The first kappa shape index (κ1) is 14.1. The number of carbonyl (C=O) groups is 1. The van der Waals surface area contributed by atoms with Gasteiger partial charge in [-0.1, -0.05) is 24.3 Å². The molecule has 0 bridgehead atoms. The van der Waals surface area contributed by atoms with Gasteiger partial charge in [0, 0.05) is 24.9 Å². The third-order valence-electron chi connectivity index (χ3n) is 3.76. The molecule has 0 unspecified atom stereocenters. The lowest BCUT2D eigenvalue weighted by Crippen LogP contribution is -2.22. The van der Waals surface area contributed by atoms with E-state index in [2.05, 4.69) is 34.1 Å². The topological polar surface area (TPSA) is 53.4 Å². The highest BCUT2D eigenvalue weighted by atomic mass is 32.1. The lowest BCUT2D eigenvalue weighted by Gasteiger charge is -2.19. The summed E-state index contributed by atoms with van der Waals surface area (Å²) in [5.74, 6) is -0.770. The average Bonchev–Trinajstić information content (AvgIpc) is 2.84. The predicted octanol–water partition coefficient (Wildman–Crippen LogP) is 3.11. The van der Waals surface area contributed by atoms with Crippen LogP contribution in [0.25, 0.3) is 0 Å². The molecule has 3 rings (SSSR count). The van der Waals surface area contributed by atoms with Crippen molar-refractivity contribution in [2.24, 2.45) is 0 Å². The van der Waals surface area contributed by atoms with Crippen molar-refractivity contribution in [3.8, 4) is 0 Å². The normalized spacial score (nSPS) is 14.6. The summed E-state index contributed by atoms with van der Waals surface area (Å²) < 4.78 is 0. The van der Waals surface area contributed by atoms with Crippen molar-refractivity contribution in [1.29, 1.82) is 0 Å². The van der Waals surface area contributed by atoms with Gasteiger partial charge in [-0.05, 0) is 24.0 Å². The van der Waals surface area contributed by atoms with Crippen LogP contribution in [0.5, 0.6) is 0 Å². The molecule has 4 nitrogen and oxygen atoms in total. The fourth-order valence-electron chi connectivity index (χ4n) is 2.66. The van der Waals surface area contributed by atoms with Crippen LogP contribution < -0.4 is 4.90 Å². The molecule has 0 fully saturated rings. The molecular weight excluding hydrogens is 284 g/mol. The van der Waals surface area contributed by atoms with E-state index in [1.165, 1.54) is 11.1 Å². The zero-order valence-electron chi connectivity index (χ0n) is 11.8. The van der Waals surface area contributed by atoms with Gasteiger partial charge in [-0.25, -0.2) is 4.98 Å². The molecule has 0 aliphatic carbocycles. The number of hydrogen-bond donors (Lipinski definition) is 1. The monoisotopic (exact) mass is 302 g/mol. The Morgan fingerprint density at radius 1 is 1.33 bits per heavy atom.